The fourth-order valence-electron chi connectivity index (χ4n) is 2.36. The van der Waals surface area contributed by atoms with Crippen LogP contribution < -0.4 is 0 Å². The summed E-state index contributed by atoms with van der Waals surface area (Å²) in [7, 11) is -1.73. The second-order valence-electron chi connectivity index (χ2n) is 5.95. The maximum absolute atomic E-state index is 10.8. The highest BCUT2D eigenvalue weighted by atomic mass is 32.2. The summed E-state index contributed by atoms with van der Waals surface area (Å²) in [5, 5.41) is 0. The third-order valence-corrected chi connectivity index (χ3v) is 4.56. The van der Waals surface area contributed by atoms with Gasteiger partial charge in [-0.15, -0.1) is 0 Å². The highest BCUT2D eigenvalue weighted by Gasteiger charge is 2.21. The maximum Gasteiger partial charge on any atom is 0.265 e. The first-order valence-electron chi connectivity index (χ1n) is 8.27. The van der Waals surface area contributed by atoms with Crippen LogP contribution in [0.15, 0.2) is 0 Å². The number of likely N-dealkylation sites (N-methyl/N-ethyl adjacent to an activating group) is 1. The van der Waals surface area contributed by atoms with Crippen LogP contribution in [0.1, 0.15) is 39.5 Å². The van der Waals surface area contributed by atoms with E-state index in [9.17, 15) is 8.42 Å². The fraction of sp³-hybridized carbons (Fsp3) is 1.00. The predicted molar refractivity (Wildman–Crippen MR) is 88.7 cm³/mol. The third-order valence-electron chi connectivity index (χ3n) is 3.75. The molecule has 0 saturated heterocycles. The number of nitrogens with zero attached hydrogens (tertiary/aromatic N) is 1. The molecular weight excluding hydrogens is 306 g/mol. The van der Waals surface area contributed by atoms with Crippen molar-refractivity contribution in [3.8, 4) is 0 Å². The summed E-state index contributed by atoms with van der Waals surface area (Å²) in [5.74, 6) is -0.167. The molecule has 134 valence electrons. The Labute approximate surface area is 136 Å². The van der Waals surface area contributed by atoms with Gasteiger partial charge in [-0.3, -0.25) is 4.55 Å². The van der Waals surface area contributed by atoms with E-state index in [2.05, 4.69) is 14.0 Å². The van der Waals surface area contributed by atoms with E-state index < -0.39 is 10.1 Å². The minimum Gasteiger partial charge on any atom is -0.379 e. The number of hydrogen-bond acceptors (Lipinski definition) is 4. The Morgan fingerprint density at radius 2 is 1.55 bits per heavy atom. The second kappa shape index (κ2) is 12.2. The topological polar surface area (TPSA) is 72.8 Å². The average molecular weight is 341 g/mol. The zero-order chi connectivity index (χ0) is 16.9. The van der Waals surface area contributed by atoms with Gasteiger partial charge >= 0.3 is 0 Å². The van der Waals surface area contributed by atoms with Crippen molar-refractivity contribution >= 4 is 10.1 Å². The molecule has 0 bridgehead atoms. The van der Waals surface area contributed by atoms with E-state index in [4.69, 9.17) is 14.0 Å². The van der Waals surface area contributed by atoms with Crippen LogP contribution in [0.25, 0.3) is 0 Å². The largest absolute Gasteiger partial charge is 0.379 e. The van der Waals surface area contributed by atoms with E-state index in [-0.39, 0.29) is 5.75 Å². The molecular formula is C15H34NO5S+. The minimum absolute atomic E-state index is 0.167. The molecule has 0 aromatic rings. The molecule has 0 heterocycles. The zero-order valence-electron chi connectivity index (χ0n) is 14.4. The molecule has 0 amide bonds. The van der Waals surface area contributed by atoms with Crippen molar-refractivity contribution in [2.45, 2.75) is 39.5 Å². The van der Waals surface area contributed by atoms with Crippen LogP contribution in [0.3, 0.4) is 0 Å². The lowest BCUT2D eigenvalue weighted by molar-refractivity contribution is -0.910. The van der Waals surface area contributed by atoms with Gasteiger partial charge in [-0.25, -0.2) is 0 Å². The lowest BCUT2D eigenvalue weighted by Crippen LogP contribution is -2.48. The first-order chi connectivity index (χ1) is 10.3. The molecule has 0 aliphatic heterocycles. The number of hydrogen-bond donors (Lipinski definition) is 1. The number of rotatable bonds is 15. The van der Waals surface area contributed by atoms with Crippen molar-refractivity contribution in [1.29, 1.82) is 0 Å². The van der Waals surface area contributed by atoms with Crippen molar-refractivity contribution < 1.29 is 26.9 Å². The van der Waals surface area contributed by atoms with Gasteiger partial charge in [0.1, 0.15) is 6.54 Å². The van der Waals surface area contributed by atoms with Gasteiger partial charge in [0.2, 0.25) is 0 Å². The highest BCUT2D eigenvalue weighted by Crippen LogP contribution is 2.09. The molecule has 0 aliphatic rings. The van der Waals surface area contributed by atoms with Gasteiger partial charge in [0.25, 0.3) is 10.1 Å². The molecule has 1 atom stereocenters. The van der Waals surface area contributed by atoms with Crippen LogP contribution in [0.4, 0.5) is 0 Å². The van der Waals surface area contributed by atoms with Gasteiger partial charge < -0.3 is 14.0 Å². The average Bonchev–Trinajstić information content (AvgIpc) is 2.42. The van der Waals surface area contributed by atoms with Gasteiger partial charge in [-0.2, -0.15) is 8.42 Å². The van der Waals surface area contributed by atoms with Gasteiger partial charge in [0, 0.05) is 13.0 Å². The van der Waals surface area contributed by atoms with Crippen molar-refractivity contribution in [2.24, 2.45) is 0 Å². The van der Waals surface area contributed by atoms with Crippen LogP contribution in [0, 0.1) is 0 Å². The molecule has 1 N–H and O–H groups in total. The Bertz CT molecular complexity index is 361. The van der Waals surface area contributed by atoms with Crippen molar-refractivity contribution in [3.63, 3.8) is 0 Å². The maximum atomic E-state index is 10.8. The van der Waals surface area contributed by atoms with Crippen LogP contribution in [0.5, 0.6) is 0 Å². The molecule has 22 heavy (non-hydrogen) atoms. The molecule has 0 aromatic heterocycles. The Morgan fingerprint density at radius 3 is 2.14 bits per heavy atom. The molecule has 0 aromatic carbocycles. The van der Waals surface area contributed by atoms with Gasteiger partial charge in [-0.1, -0.05) is 13.3 Å². The summed E-state index contributed by atoms with van der Waals surface area (Å²) in [6, 6.07) is 0. The van der Waals surface area contributed by atoms with E-state index in [1.165, 1.54) is 6.42 Å². The molecule has 6 nitrogen and oxygen atoms in total. The molecule has 0 rings (SSSR count). The standard InChI is InChI=1S/C15H33NO5S/c1-4-6-7-9-16(3,10-8-15-22(17,18)19)11-12-21-14-13-20-5-2/h4-15H2,1-3H3/p+1. The Kier molecular flexibility index (Phi) is 12.1. The lowest BCUT2D eigenvalue weighted by atomic mass is 10.2. The summed E-state index contributed by atoms with van der Waals surface area (Å²) in [6.07, 6.45) is 3.94. The van der Waals surface area contributed by atoms with Crippen LogP contribution >= 0.6 is 0 Å². The first-order valence-corrected chi connectivity index (χ1v) is 9.88. The van der Waals surface area contributed by atoms with Crippen molar-refractivity contribution in [3.05, 3.63) is 0 Å². The molecule has 0 radical (unpaired) electrons. The molecule has 7 heteroatoms. The SMILES string of the molecule is CCCCC[N+](C)(CCCS(=O)(=O)O)CCOCCOCC. The van der Waals surface area contributed by atoms with E-state index in [0.29, 0.717) is 32.8 Å². The molecule has 1 unspecified atom stereocenters. The van der Waals surface area contributed by atoms with Crippen molar-refractivity contribution in [1.82, 2.24) is 0 Å². The summed E-state index contributed by atoms with van der Waals surface area (Å²) in [6.45, 7) is 9.25. The summed E-state index contributed by atoms with van der Waals surface area (Å²) < 4.78 is 42.1. The summed E-state index contributed by atoms with van der Waals surface area (Å²) in [4.78, 5) is 0. The first kappa shape index (κ1) is 21.8. The lowest BCUT2D eigenvalue weighted by Gasteiger charge is -2.34. The van der Waals surface area contributed by atoms with Gasteiger partial charge in [0.05, 0.1) is 45.7 Å². The van der Waals surface area contributed by atoms with Gasteiger partial charge in [-0.05, 0) is 19.8 Å². The van der Waals surface area contributed by atoms with E-state index >= 15 is 0 Å². The summed E-state index contributed by atoms with van der Waals surface area (Å²) >= 11 is 0. The third kappa shape index (κ3) is 13.5. The number of ether oxygens (including phenoxy) is 2. The normalized spacial score (nSPS) is 14.9. The Hall–Kier alpha value is -0.210. The molecule has 0 saturated carbocycles. The Balaban J connectivity index is 4.15. The van der Waals surface area contributed by atoms with E-state index in [1.54, 1.807) is 0 Å². The number of quaternary nitrogens is 1. The predicted octanol–water partition coefficient (Wildman–Crippen LogP) is 1.95. The van der Waals surface area contributed by atoms with E-state index in [0.717, 1.165) is 37.0 Å². The zero-order valence-corrected chi connectivity index (χ0v) is 15.2. The van der Waals surface area contributed by atoms with Crippen LogP contribution in [-0.4, -0.2) is 76.3 Å². The highest BCUT2D eigenvalue weighted by molar-refractivity contribution is 7.85. The van der Waals surface area contributed by atoms with Gasteiger partial charge in [0.15, 0.2) is 0 Å². The number of unbranched alkanes of at least 4 members (excludes halogenated alkanes) is 2. The monoisotopic (exact) mass is 340 g/mol. The molecule has 0 fully saturated rings. The van der Waals surface area contributed by atoms with Crippen molar-refractivity contribution in [2.75, 3.05) is 58.9 Å². The fourth-order valence-corrected chi connectivity index (χ4v) is 2.85. The quantitative estimate of drug-likeness (QED) is 0.280. The van der Waals surface area contributed by atoms with E-state index in [1.807, 2.05) is 6.92 Å². The minimum atomic E-state index is -3.86. The smallest absolute Gasteiger partial charge is 0.265 e. The van der Waals surface area contributed by atoms with Crippen LogP contribution in [0.2, 0.25) is 0 Å². The second-order valence-corrected chi connectivity index (χ2v) is 7.52. The Morgan fingerprint density at radius 1 is 0.909 bits per heavy atom. The molecule has 0 aliphatic carbocycles. The molecule has 0 spiro atoms. The van der Waals surface area contributed by atoms with Crippen LogP contribution in [-0.2, 0) is 19.6 Å². The summed E-state index contributed by atoms with van der Waals surface area (Å²) in [5.41, 5.74) is 0.